The standard InChI is InChI=1S/C26H23F3N4O4S/c1-15-24(35)33(18-6-10-20(11-7-18)38-26(27,28)29)25(36)32(15)22(23(34)30-2)17-12-13-31-21(14-17)16-4-8-19(37-3)9-5-16/h4-15,22H,1-3H3,(H,30,34). The Balaban J connectivity index is 1.68. The first-order valence-corrected chi connectivity index (χ1v) is 12.2. The zero-order valence-corrected chi connectivity index (χ0v) is 21.3. The predicted molar refractivity (Wildman–Crippen MR) is 136 cm³/mol. The van der Waals surface area contributed by atoms with Crippen molar-refractivity contribution in [2.75, 3.05) is 19.1 Å². The van der Waals surface area contributed by atoms with Crippen LogP contribution in [0.3, 0.4) is 0 Å². The number of pyridine rings is 1. The van der Waals surface area contributed by atoms with E-state index < -0.39 is 35.4 Å². The summed E-state index contributed by atoms with van der Waals surface area (Å²) in [7, 11) is 2.97. The van der Waals surface area contributed by atoms with E-state index in [1.54, 1.807) is 43.5 Å². The first-order chi connectivity index (χ1) is 18.0. The molecule has 2 atom stereocenters. The van der Waals surface area contributed by atoms with Crippen LogP contribution in [0.25, 0.3) is 11.3 Å². The highest BCUT2D eigenvalue weighted by Crippen LogP contribution is 2.39. The zero-order chi connectivity index (χ0) is 27.6. The molecule has 4 rings (SSSR count). The summed E-state index contributed by atoms with van der Waals surface area (Å²) >= 11 is -0.299. The predicted octanol–water partition coefficient (Wildman–Crippen LogP) is 5.01. The summed E-state index contributed by atoms with van der Waals surface area (Å²) in [6, 6.07) is 12.3. The van der Waals surface area contributed by atoms with E-state index in [1.165, 1.54) is 44.4 Å². The number of anilines is 1. The van der Waals surface area contributed by atoms with Gasteiger partial charge in [0, 0.05) is 23.7 Å². The number of ether oxygens (including phenoxy) is 1. The number of carbonyl (C=O) groups excluding carboxylic acids is 3. The van der Waals surface area contributed by atoms with Crippen LogP contribution >= 0.6 is 11.8 Å². The van der Waals surface area contributed by atoms with Gasteiger partial charge in [-0.1, -0.05) is 0 Å². The fraction of sp³-hybridized carbons (Fsp3) is 0.231. The number of carbonyl (C=O) groups is 3. The Morgan fingerprint density at radius 1 is 1.08 bits per heavy atom. The summed E-state index contributed by atoms with van der Waals surface area (Å²) in [5, 5.41) is 2.55. The monoisotopic (exact) mass is 544 g/mol. The van der Waals surface area contributed by atoms with Crippen LogP contribution in [0, 0.1) is 0 Å². The number of urea groups is 1. The van der Waals surface area contributed by atoms with Gasteiger partial charge >= 0.3 is 11.5 Å². The summed E-state index contributed by atoms with van der Waals surface area (Å²) in [4.78, 5) is 46.1. The molecule has 2 unspecified atom stereocenters. The van der Waals surface area contributed by atoms with Crippen LogP contribution in [0.5, 0.6) is 5.75 Å². The number of hydrogen-bond donors (Lipinski definition) is 1. The second-order valence-electron chi connectivity index (χ2n) is 8.30. The van der Waals surface area contributed by atoms with Gasteiger partial charge in [-0.25, -0.2) is 9.69 Å². The highest BCUT2D eigenvalue weighted by atomic mass is 32.2. The summed E-state index contributed by atoms with van der Waals surface area (Å²) in [5.41, 5.74) is -2.65. The van der Waals surface area contributed by atoms with Gasteiger partial charge in [0.1, 0.15) is 17.8 Å². The number of aromatic nitrogens is 1. The molecule has 198 valence electrons. The third-order valence-electron chi connectivity index (χ3n) is 5.99. The fourth-order valence-corrected chi connectivity index (χ4v) is 4.70. The van der Waals surface area contributed by atoms with Crippen LogP contribution < -0.4 is 15.0 Å². The van der Waals surface area contributed by atoms with E-state index in [-0.39, 0.29) is 22.3 Å². The third-order valence-corrected chi connectivity index (χ3v) is 6.73. The molecule has 8 nitrogen and oxygen atoms in total. The van der Waals surface area contributed by atoms with Gasteiger partial charge in [-0.2, -0.15) is 13.2 Å². The quantitative estimate of drug-likeness (QED) is 0.332. The van der Waals surface area contributed by atoms with E-state index in [9.17, 15) is 27.6 Å². The maximum Gasteiger partial charge on any atom is 0.446 e. The lowest BCUT2D eigenvalue weighted by Gasteiger charge is -2.29. The van der Waals surface area contributed by atoms with Crippen molar-refractivity contribution in [3.05, 3.63) is 72.4 Å². The van der Waals surface area contributed by atoms with Crippen LogP contribution in [-0.2, 0) is 9.59 Å². The molecule has 0 saturated carbocycles. The van der Waals surface area contributed by atoms with Crippen molar-refractivity contribution in [1.82, 2.24) is 15.2 Å². The van der Waals surface area contributed by atoms with Crippen molar-refractivity contribution in [2.24, 2.45) is 0 Å². The Hall–Kier alpha value is -4.06. The van der Waals surface area contributed by atoms with Crippen molar-refractivity contribution in [3.8, 4) is 17.0 Å². The molecule has 1 aromatic heterocycles. The number of methoxy groups -OCH3 is 1. The lowest BCUT2D eigenvalue weighted by atomic mass is 10.0. The molecule has 1 N–H and O–H groups in total. The second kappa shape index (κ2) is 10.7. The summed E-state index contributed by atoms with van der Waals surface area (Å²) < 4.78 is 43.3. The molecule has 2 heterocycles. The molecule has 0 radical (unpaired) electrons. The maximum atomic E-state index is 13.5. The molecule has 38 heavy (non-hydrogen) atoms. The van der Waals surface area contributed by atoms with Gasteiger partial charge in [-0.3, -0.25) is 19.5 Å². The van der Waals surface area contributed by atoms with Gasteiger partial charge in [0.15, 0.2) is 0 Å². The minimum Gasteiger partial charge on any atom is -0.497 e. The van der Waals surface area contributed by atoms with Gasteiger partial charge in [0.25, 0.3) is 5.91 Å². The highest BCUT2D eigenvalue weighted by molar-refractivity contribution is 8.00. The first kappa shape index (κ1) is 27.0. The molecule has 1 aliphatic rings. The first-order valence-electron chi connectivity index (χ1n) is 11.4. The molecular weight excluding hydrogens is 521 g/mol. The maximum absolute atomic E-state index is 13.5. The number of alkyl halides is 3. The molecule has 0 spiro atoms. The van der Waals surface area contributed by atoms with Crippen molar-refractivity contribution in [3.63, 3.8) is 0 Å². The Morgan fingerprint density at radius 3 is 2.32 bits per heavy atom. The molecule has 0 bridgehead atoms. The molecule has 0 aliphatic carbocycles. The van der Waals surface area contributed by atoms with Crippen molar-refractivity contribution in [2.45, 2.75) is 29.4 Å². The SMILES string of the molecule is CNC(=O)C(c1ccnc(-c2ccc(OC)cc2)c1)N1C(=O)N(c2ccc(SC(F)(F)F)cc2)C(=O)C1C. The van der Waals surface area contributed by atoms with E-state index in [0.29, 0.717) is 17.0 Å². The Kier molecular flexibility index (Phi) is 7.63. The summed E-state index contributed by atoms with van der Waals surface area (Å²) in [5.74, 6) is -0.471. The Bertz CT molecular complexity index is 1350. The highest BCUT2D eigenvalue weighted by Gasteiger charge is 2.49. The van der Waals surface area contributed by atoms with E-state index in [1.807, 2.05) is 0 Å². The minimum atomic E-state index is -4.47. The van der Waals surface area contributed by atoms with Gasteiger partial charge in [-0.15, -0.1) is 0 Å². The van der Waals surface area contributed by atoms with Crippen LogP contribution in [0.1, 0.15) is 18.5 Å². The normalized spacial score (nSPS) is 16.5. The van der Waals surface area contributed by atoms with E-state index in [2.05, 4.69) is 10.3 Å². The van der Waals surface area contributed by atoms with Crippen molar-refractivity contribution in [1.29, 1.82) is 0 Å². The number of rotatable bonds is 7. The van der Waals surface area contributed by atoms with E-state index in [4.69, 9.17) is 4.74 Å². The Labute approximate surface area is 220 Å². The average Bonchev–Trinajstić information content (AvgIpc) is 3.12. The second-order valence-corrected chi connectivity index (χ2v) is 9.44. The zero-order valence-electron chi connectivity index (χ0n) is 20.5. The third kappa shape index (κ3) is 5.44. The number of halogens is 3. The minimum absolute atomic E-state index is 0.0867. The number of likely N-dealkylation sites (N-methyl/N-ethyl adjacent to an activating group) is 1. The van der Waals surface area contributed by atoms with E-state index in [0.717, 1.165) is 15.4 Å². The van der Waals surface area contributed by atoms with Crippen LogP contribution in [0.4, 0.5) is 23.7 Å². The van der Waals surface area contributed by atoms with Crippen molar-refractivity contribution < 1.29 is 32.3 Å². The number of benzene rings is 2. The van der Waals surface area contributed by atoms with Crippen molar-refractivity contribution >= 4 is 35.3 Å². The number of thioether (sulfide) groups is 1. The molecular formula is C26H23F3N4O4S. The number of imide groups is 1. The van der Waals surface area contributed by atoms with Crippen LogP contribution in [0.2, 0.25) is 0 Å². The number of nitrogens with zero attached hydrogens (tertiary/aromatic N) is 3. The summed E-state index contributed by atoms with van der Waals surface area (Å²) in [6.07, 6.45) is 1.51. The molecule has 12 heteroatoms. The number of nitrogens with one attached hydrogen (secondary N) is 1. The molecule has 2 aromatic carbocycles. The fourth-order valence-electron chi connectivity index (χ4n) is 4.16. The topological polar surface area (TPSA) is 91.8 Å². The molecule has 3 aromatic rings. The lowest BCUT2D eigenvalue weighted by Crippen LogP contribution is -2.44. The number of amides is 4. The van der Waals surface area contributed by atoms with E-state index >= 15 is 0 Å². The van der Waals surface area contributed by atoms with Crippen LogP contribution in [-0.4, -0.2) is 53.4 Å². The molecule has 4 amide bonds. The van der Waals surface area contributed by atoms with Crippen LogP contribution in [0.15, 0.2) is 71.8 Å². The molecule has 1 aliphatic heterocycles. The van der Waals surface area contributed by atoms with Gasteiger partial charge in [0.05, 0.1) is 18.5 Å². The largest absolute Gasteiger partial charge is 0.497 e. The van der Waals surface area contributed by atoms with Gasteiger partial charge in [-0.05, 0) is 84.9 Å². The van der Waals surface area contributed by atoms with Gasteiger partial charge in [0.2, 0.25) is 5.91 Å². The molecule has 1 fully saturated rings. The average molecular weight is 545 g/mol. The smallest absolute Gasteiger partial charge is 0.446 e. The lowest BCUT2D eigenvalue weighted by molar-refractivity contribution is -0.126. The Morgan fingerprint density at radius 2 is 1.74 bits per heavy atom. The number of hydrogen-bond acceptors (Lipinski definition) is 6. The summed E-state index contributed by atoms with van der Waals surface area (Å²) in [6.45, 7) is 1.50. The molecule has 1 saturated heterocycles. The van der Waals surface area contributed by atoms with Gasteiger partial charge < -0.3 is 10.1 Å².